The smallest absolute Gasteiger partial charge is 0.340 e. The van der Waals surface area contributed by atoms with E-state index in [1.54, 1.807) is 42.5 Å². The van der Waals surface area contributed by atoms with E-state index in [1.807, 2.05) is 12.1 Å². The second-order valence-electron chi connectivity index (χ2n) is 6.75. The molecule has 0 bridgehead atoms. The van der Waals surface area contributed by atoms with Gasteiger partial charge in [0, 0.05) is 22.8 Å². The van der Waals surface area contributed by atoms with Crippen LogP contribution >= 0.6 is 9.03 Å². The van der Waals surface area contributed by atoms with E-state index in [-0.39, 0.29) is 17.1 Å². The summed E-state index contributed by atoms with van der Waals surface area (Å²) in [4.78, 5) is 33.9. The van der Waals surface area contributed by atoms with E-state index < -0.39 is 20.6 Å². The minimum absolute atomic E-state index is 0.113. The molecule has 5 rings (SSSR count). The number of carbonyl (C=O) groups is 2. The third kappa shape index (κ3) is 2.39. The maximum absolute atomic E-state index is 12.8. The van der Waals surface area contributed by atoms with Gasteiger partial charge in [-0.1, -0.05) is 18.2 Å². The molecule has 0 fully saturated rings. The molecule has 8 heteroatoms. The predicted octanol–water partition coefficient (Wildman–Crippen LogP) is 3.96. The maximum Gasteiger partial charge on any atom is 0.340 e. The zero-order valence-electron chi connectivity index (χ0n) is 15.7. The van der Waals surface area contributed by atoms with Gasteiger partial charge in [0.05, 0.1) is 18.2 Å². The Kier molecular flexibility index (Phi) is 4.24. The zero-order chi connectivity index (χ0) is 20.9. The Balaban J connectivity index is 1.87. The first-order valence-electron chi connectivity index (χ1n) is 9.02. The molecule has 3 aromatic rings. The van der Waals surface area contributed by atoms with Crippen LogP contribution in [-0.4, -0.2) is 24.3 Å². The lowest BCUT2D eigenvalue weighted by Gasteiger charge is -2.37. The first-order chi connectivity index (χ1) is 14.6. The molecule has 1 spiro atoms. The normalized spacial score (nSPS) is 18.4. The summed E-state index contributed by atoms with van der Waals surface area (Å²) in [6.45, 7) is 0. The van der Waals surface area contributed by atoms with Crippen molar-refractivity contribution < 1.29 is 33.2 Å². The van der Waals surface area contributed by atoms with Crippen molar-refractivity contribution in [1.82, 2.24) is 0 Å². The van der Waals surface area contributed by atoms with Crippen molar-refractivity contribution in [1.29, 1.82) is 0 Å². The summed E-state index contributed by atoms with van der Waals surface area (Å²) < 4.78 is 22.6. The summed E-state index contributed by atoms with van der Waals surface area (Å²) in [7, 11) is 0.686. The van der Waals surface area contributed by atoms with Gasteiger partial charge in [-0.05, 0) is 30.3 Å². The number of esters is 1. The van der Waals surface area contributed by atoms with Gasteiger partial charge in [-0.3, -0.25) is 4.79 Å². The highest BCUT2D eigenvalue weighted by Gasteiger charge is 2.54. The topological polar surface area (TPSA) is 91.3 Å². The molecule has 2 heterocycles. The van der Waals surface area contributed by atoms with Crippen LogP contribution in [0.2, 0.25) is 0 Å². The highest BCUT2D eigenvalue weighted by Crippen LogP contribution is 2.58. The van der Waals surface area contributed by atoms with Crippen LogP contribution in [0.3, 0.4) is 0 Å². The number of benzene rings is 3. The van der Waals surface area contributed by atoms with Crippen LogP contribution in [0.15, 0.2) is 54.6 Å². The zero-order valence-corrected chi connectivity index (χ0v) is 16.7. The first kappa shape index (κ1) is 18.6. The lowest BCUT2D eigenvalue weighted by molar-refractivity contribution is 0.0224. The molecule has 1 N–H and O–H groups in total. The molecule has 3 aromatic carbocycles. The summed E-state index contributed by atoms with van der Waals surface area (Å²) in [6, 6.07) is 15.6. The molecule has 30 heavy (non-hydrogen) atoms. The number of carbonyl (C=O) groups excluding carboxylic acids is 2. The highest BCUT2D eigenvalue weighted by molar-refractivity contribution is 7.25. The Bertz CT molecular complexity index is 1210. The van der Waals surface area contributed by atoms with Gasteiger partial charge in [0.15, 0.2) is 11.9 Å². The summed E-state index contributed by atoms with van der Waals surface area (Å²) in [5.74, 6) is 0.833. The number of ether oxygens (including phenoxy) is 3. The molecule has 0 aromatic heterocycles. The average Bonchev–Trinajstić information content (AvgIpc) is 3.07. The third-order valence-corrected chi connectivity index (χ3v) is 5.67. The van der Waals surface area contributed by atoms with Crippen LogP contribution in [0.25, 0.3) is 0 Å². The van der Waals surface area contributed by atoms with Crippen molar-refractivity contribution in [2.45, 2.75) is 5.60 Å². The molecule has 0 amide bonds. The predicted molar refractivity (Wildman–Crippen MR) is 108 cm³/mol. The van der Waals surface area contributed by atoms with Crippen molar-refractivity contribution in [2.75, 3.05) is 7.11 Å². The molecule has 2 aliphatic heterocycles. The summed E-state index contributed by atoms with van der Waals surface area (Å²) >= 11 is 0. The fourth-order valence-corrected chi connectivity index (χ4v) is 4.37. The van der Waals surface area contributed by atoms with Gasteiger partial charge in [-0.15, -0.1) is 0 Å². The molecule has 2 atom stereocenters. The van der Waals surface area contributed by atoms with Gasteiger partial charge in [0.1, 0.15) is 23.0 Å². The van der Waals surface area contributed by atoms with Gasteiger partial charge >= 0.3 is 5.97 Å². The fraction of sp³-hybridized carbons (Fsp3) is 0.0909. The minimum Gasteiger partial charge on any atom is -0.497 e. The van der Waals surface area contributed by atoms with Gasteiger partial charge in [-0.2, -0.15) is 0 Å². The van der Waals surface area contributed by atoms with E-state index in [1.165, 1.54) is 7.11 Å². The van der Waals surface area contributed by atoms with Crippen LogP contribution in [-0.2, 0) is 10.3 Å². The number of methoxy groups -OCH3 is 1. The summed E-state index contributed by atoms with van der Waals surface area (Å²) in [5.41, 5.74) is 1.03. The molecule has 0 aliphatic carbocycles. The van der Waals surface area contributed by atoms with E-state index in [4.69, 9.17) is 18.7 Å². The van der Waals surface area contributed by atoms with Crippen LogP contribution in [0, 0.1) is 0 Å². The van der Waals surface area contributed by atoms with E-state index in [2.05, 4.69) is 0 Å². The van der Waals surface area contributed by atoms with Gasteiger partial charge in [0.25, 0.3) is 0 Å². The lowest BCUT2D eigenvalue weighted by Crippen LogP contribution is -2.33. The van der Waals surface area contributed by atoms with Crippen molar-refractivity contribution in [2.24, 2.45) is 0 Å². The quantitative estimate of drug-likeness (QED) is 0.387. The Morgan fingerprint density at radius 3 is 2.63 bits per heavy atom. The SMILES string of the molecule is COc1ccc2c(c1)Oc1c(ccc(OPO)c1C=O)C21OC(=O)c2ccccc21. The molecule has 0 saturated heterocycles. The third-order valence-electron chi connectivity index (χ3n) is 5.36. The van der Waals surface area contributed by atoms with E-state index in [0.717, 1.165) is 0 Å². The van der Waals surface area contributed by atoms with Crippen molar-refractivity contribution >= 4 is 21.3 Å². The molecular formula is C22H15O7P. The van der Waals surface area contributed by atoms with Gasteiger partial charge in [0.2, 0.25) is 9.03 Å². The maximum atomic E-state index is 12.8. The number of hydrogen-bond donors (Lipinski definition) is 1. The Hall–Kier alpha value is -3.41. The van der Waals surface area contributed by atoms with Crippen LogP contribution in [0.4, 0.5) is 0 Å². The molecular weight excluding hydrogens is 407 g/mol. The lowest BCUT2D eigenvalue weighted by atomic mass is 9.77. The van der Waals surface area contributed by atoms with Crippen molar-refractivity contribution in [3.05, 3.63) is 82.4 Å². The van der Waals surface area contributed by atoms with E-state index >= 15 is 0 Å². The molecule has 0 radical (unpaired) electrons. The number of hydrogen-bond acceptors (Lipinski definition) is 7. The minimum atomic E-state index is -1.29. The van der Waals surface area contributed by atoms with Crippen LogP contribution in [0.1, 0.15) is 37.4 Å². The fourth-order valence-electron chi connectivity index (χ4n) is 4.10. The molecule has 2 unspecified atom stereocenters. The number of rotatable bonds is 4. The Morgan fingerprint density at radius 2 is 1.87 bits per heavy atom. The van der Waals surface area contributed by atoms with Crippen LogP contribution in [0.5, 0.6) is 23.0 Å². The van der Waals surface area contributed by atoms with E-state index in [9.17, 15) is 14.5 Å². The van der Waals surface area contributed by atoms with Crippen molar-refractivity contribution in [3.63, 3.8) is 0 Å². The molecule has 0 saturated carbocycles. The Morgan fingerprint density at radius 1 is 1.07 bits per heavy atom. The van der Waals surface area contributed by atoms with Crippen molar-refractivity contribution in [3.8, 4) is 23.0 Å². The second kappa shape index (κ2) is 6.83. The second-order valence-corrected chi connectivity index (χ2v) is 7.13. The van der Waals surface area contributed by atoms with E-state index in [0.29, 0.717) is 40.0 Å². The highest BCUT2D eigenvalue weighted by atomic mass is 31.1. The van der Waals surface area contributed by atoms with Crippen LogP contribution < -0.4 is 14.0 Å². The monoisotopic (exact) mass is 422 g/mol. The molecule has 2 aliphatic rings. The number of aldehydes is 1. The summed E-state index contributed by atoms with van der Waals surface area (Å²) in [6.07, 6.45) is 0.593. The molecule has 150 valence electrons. The number of fused-ring (bicyclic) bond motifs is 6. The largest absolute Gasteiger partial charge is 0.497 e. The average molecular weight is 422 g/mol. The standard InChI is InChI=1S/C22H15O7P/c1-26-12-6-7-16-19(10-12)27-20-14(11-23)18(29-30-25)9-8-17(20)22(16)15-5-3-2-4-13(15)21(24)28-22/h2-11,25,30H,1H3. The first-order valence-corrected chi connectivity index (χ1v) is 9.87. The van der Waals surface area contributed by atoms with Gasteiger partial charge < -0.3 is 23.6 Å². The Labute approximate surface area is 173 Å². The molecule has 7 nitrogen and oxygen atoms in total. The summed E-state index contributed by atoms with van der Waals surface area (Å²) in [5, 5.41) is 0. The van der Waals surface area contributed by atoms with Gasteiger partial charge in [-0.25, -0.2) is 4.79 Å².